The van der Waals surface area contributed by atoms with Crippen LogP contribution in [-0.4, -0.2) is 50.6 Å². The van der Waals surface area contributed by atoms with Crippen LogP contribution in [0.4, 0.5) is 0 Å². The molecule has 7 nitrogen and oxygen atoms in total. The highest BCUT2D eigenvalue weighted by Crippen LogP contribution is 2.20. The minimum atomic E-state index is -0.0895. The fourth-order valence-electron chi connectivity index (χ4n) is 3.36. The van der Waals surface area contributed by atoms with Gasteiger partial charge in [0, 0.05) is 29.6 Å². The fraction of sp³-hybridized carbons (Fsp3) is 0.333. The molecule has 0 unspecified atom stereocenters. The Hall–Kier alpha value is -2.58. The number of amides is 1. The molecule has 2 N–H and O–H groups in total. The molecule has 26 heavy (non-hydrogen) atoms. The number of carbonyl (C=O) groups excluding carboxylic acids is 1. The van der Waals surface area contributed by atoms with Gasteiger partial charge < -0.3 is 5.32 Å². The number of aromatic amines is 1. The van der Waals surface area contributed by atoms with Gasteiger partial charge in [0.05, 0.1) is 5.56 Å². The summed E-state index contributed by atoms with van der Waals surface area (Å²) in [5.41, 5.74) is 1.26. The van der Waals surface area contributed by atoms with Gasteiger partial charge in [0.1, 0.15) is 0 Å². The van der Waals surface area contributed by atoms with Crippen LogP contribution in [0.2, 0.25) is 0 Å². The van der Waals surface area contributed by atoms with Crippen LogP contribution in [0.1, 0.15) is 28.1 Å². The SMILES string of the molecule is O=C(N[C@@H]1CCCN(Cc2cccs2)C1)c1ccccc1-c1nn[nH]n1. The predicted octanol–water partition coefficient (Wildman–Crippen LogP) is 2.32. The summed E-state index contributed by atoms with van der Waals surface area (Å²) < 4.78 is 0. The Morgan fingerprint density at radius 3 is 3.04 bits per heavy atom. The van der Waals surface area contributed by atoms with Gasteiger partial charge in [0.25, 0.3) is 5.91 Å². The number of H-pyrrole nitrogens is 1. The third-order valence-electron chi connectivity index (χ3n) is 4.56. The molecule has 0 aliphatic carbocycles. The molecule has 0 bridgehead atoms. The number of thiophene rings is 1. The average Bonchev–Trinajstić information content (AvgIpc) is 3.36. The number of likely N-dealkylation sites (tertiary alicyclic amines) is 1. The number of hydrogen-bond donors (Lipinski definition) is 2. The normalized spacial score (nSPS) is 17.9. The molecule has 0 spiro atoms. The zero-order valence-corrected chi connectivity index (χ0v) is 15.1. The van der Waals surface area contributed by atoms with Crippen molar-refractivity contribution in [2.24, 2.45) is 0 Å². The van der Waals surface area contributed by atoms with Crippen molar-refractivity contribution >= 4 is 17.2 Å². The minimum Gasteiger partial charge on any atom is -0.348 e. The number of carbonyl (C=O) groups is 1. The van der Waals surface area contributed by atoms with E-state index in [1.54, 1.807) is 17.4 Å². The monoisotopic (exact) mass is 368 g/mol. The highest BCUT2D eigenvalue weighted by Gasteiger charge is 2.23. The Morgan fingerprint density at radius 1 is 1.31 bits per heavy atom. The third-order valence-corrected chi connectivity index (χ3v) is 5.42. The minimum absolute atomic E-state index is 0.0895. The van der Waals surface area contributed by atoms with Gasteiger partial charge in [0.2, 0.25) is 5.82 Å². The lowest BCUT2D eigenvalue weighted by molar-refractivity contribution is 0.0902. The fourth-order valence-corrected chi connectivity index (χ4v) is 4.10. The number of tetrazole rings is 1. The first-order chi connectivity index (χ1) is 12.8. The Balaban J connectivity index is 1.43. The van der Waals surface area contributed by atoms with E-state index in [2.05, 4.69) is 48.4 Å². The summed E-state index contributed by atoms with van der Waals surface area (Å²) in [6.07, 6.45) is 2.08. The molecule has 1 aromatic carbocycles. The Labute approximate surface area is 155 Å². The van der Waals surface area contributed by atoms with E-state index in [4.69, 9.17) is 0 Å². The summed E-state index contributed by atoms with van der Waals surface area (Å²) in [6.45, 7) is 2.89. The quantitative estimate of drug-likeness (QED) is 0.722. The van der Waals surface area contributed by atoms with Gasteiger partial charge in [-0.15, -0.1) is 21.5 Å². The molecule has 1 aliphatic rings. The van der Waals surface area contributed by atoms with Crippen LogP contribution in [0, 0.1) is 0 Å². The number of hydrogen-bond acceptors (Lipinski definition) is 6. The van der Waals surface area contributed by atoms with E-state index in [1.165, 1.54) is 4.88 Å². The maximum atomic E-state index is 12.8. The molecule has 1 amide bonds. The van der Waals surface area contributed by atoms with Crippen molar-refractivity contribution in [3.8, 4) is 11.4 Å². The van der Waals surface area contributed by atoms with Gasteiger partial charge in [-0.05, 0) is 42.1 Å². The average molecular weight is 368 g/mol. The zero-order valence-electron chi connectivity index (χ0n) is 14.3. The number of piperidine rings is 1. The number of rotatable bonds is 5. The summed E-state index contributed by atoms with van der Waals surface area (Å²) in [4.78, 5) is 16.6. The second-order valence-electron chi connectivity index (χ2n) is 6.41. The van der Waals surface area contributed by atoms with E-state index in [0.29, 0.717) is 17.0 Å². The molecule has 0 saturated carbocycles. The lowest BCUT2D eigenvalue weighted by atomic mass is 10.0. The van der Waals surface area contributed by atoms with Gasteiger partial charge in [-0.2, -0.15) is 5.21 Å². The van der Waals surface area contributed by atoms with Crippen molar-refractivity contribution in [3.05, 3.63) is 52.2 Å². The topological polar surface area (TPSA) is 86.8 Å². The van der Waals surface area contributed by atoms with E-state index in [-0.39, 0.29) is 11.9 Å². The number of nitrogens with zero attached hydrogens (tertiary/aromatic N) is 4. The van der Waals surface area contributed by atoms with Crippen LogP contribution in [0.5, 0.6) is 0 Å². The summed E-state index contributed by atoms with van der Waals surface area (Å²) in [7, 11) is 0. The van der Waals surface area contributed by atoms with Crippen molar-refractivity contribution in [2.45, 2.75) is 25.4 Å². The summed E-state index contributed by atoms with van der Waals surface area (Å²) in [5, 5.41) is 19.3. The summed E-state index contributed by atoms with van der Waals surface area (Å²) in [6, 6.07) is 11.7. The molecule has 1 aliphatic heterocycles. The molecule has 4 rings (SSSR count). The largest absolute Gasteiger partial charge is 0.348 e. The second kappa shape index (κ2) is 7.76. The van der Waals surface area contributed by atoms with E-state index in [1.807, 2.05) is 18.2 Å². The standard InChI is InChI=1S/C18H20N6OS/c25-18(16-8-2-1-7-15(16)17-20-22-23-21-17)19-13-5-3-9-24(11-13)12-14-6-4-10-26-14/h1-2,4,6-8,10,13H,3,5,9,11-12H2,(H,19,25)(H,20,21,22,23)/t13-/m1/s1. The molecule has 1 saturated heterocycles. The smallest absolute Gasteiger partial charge is 0.252 e. The van der Waals surface area contributed by atoms with Gasteiger partial charge in [-0.25, -0.2) is 0 Å². The van der Waals surface area contributed by atoms with Crippen LogP contribution in [0.15, 0.2) is 41.8 Å². The molecule has 0 radical (unpaired) electrons. The van der Waals surface area contributed by atoms with Crippen LogP contribution < -0.4 is 5.32 Å². The molecule has 1 atom stereocenters. The zero-order chi connectivity index (χ0) is 17.8. The van der Waals surface area contributed by atoms with Gasteiger partial charge in [-0.1, -0.05) is 24.3 Å². The highest BCUT2D eigenvalue weighted by atomic mass is 32.1. The van der Waals surface area contributed by atoms with Gasteiger partial charge in [-0.3, -0.25) is 9.69 Å². The van der Waals surface area contributed by atoms with Crippen molar-refractivity contribution in [1.29, 1.82) is 0 Å². The Kier molecular flexibility index (Phi) is 5.03. The summed E-state index contributed by atoms with van der Waals surface area (Å²) >= 11 is 1.78. The first kappa shape index (κ1) is 16.9. The lowest BCUT2D eigenvalue weighted by Crippen LogP contribution is -2.47. The third kappa shape index (κ3) is 3.81. The molecule has 1 fully saturated rings. The Morgan fingerprint density at radius 2 is 2.23 bits per heavy atom. The molecule has 2 aromatic heterocycles. The number of benzene rings is 1. The van der Waals surface area contributed by atoms with E-state index in [0.717, 1.165) is 32.5 Å². The van der Waals surface area contributed by atoms with Gasteiger partial charge in [0.15, 0.2) is 0 Å². The van der Waals surface area contributed by atoms with E-state index < -0.39 is 0 Å². The first-order valence-corrected chi connectivity index (χ1v) is 9.56. The molecule has 3 heterocycles. The van der Waals surface area contributed by atoms with Crippen molar-refractivity contribution in [2.75, 3.05) is 13.1 Å². The van der Waals surface area contributed by atoms with Crippen LogP contribution in [0.25, 0.3) is 11.4 Å². The molecular weight excluding hydrogens is 348 g/mol. The number of nitrogens with one attached hydrogen (secondary N) is 2. The predicted molar refractivity (Wildman–Crippen MR) is 99.7 cm³/mol. The summed E-state index contributed by atoms with van der Waals surface area (Å²) in [5.74, 6) is 0.340. The van der Waals surface area contributed by atoms with Crippen LogP contribution in [0.3, 0.4) is 0 Å². The van der Waals surface area contributed by atoms with Crippen molar-refractivity contribution < 1.29 is 4.79 Å². The molecular formula is C18H20N6OS. The van der Waals surface area contributed by atoms with Crippen LogP contribution in [-0.2, 0) is 6.54 Å². The second-order valence-corrected chi connectivity index (χ2v) is 7.44. The lowest BCUT2D eigenvalue weighted by Gasteiger charge is -2.33. The Bertz CT molecular complexity index is 848. The maximum Gasteiger partial charge on any atom is 0.252 e. The van der Waals surface area contributed by atoms with Crippen molar-refractivity contribution in [3.63, 3.8) is 0 Å². The van der Waals surface area contributed by atoms with E-state index >= 15 is 0 Å². The van der Waals surface area contributed by atoms with Gasteiger partial charge >= 0.3 is 0 Å². The van der Waals surface area contributed by atoms with Crippen molar-refractivity contribution in [1.82, 2.24) is 30.8 Å². The van der Waals surface area contributed by atoms with E-state index in [9.17, 15) is 4.79 Å². The molecule has 8 heteroatoms. The highest BCUT2D eigenvalue weighted by molar-refractivity contribution is 7.09. The number of aromatic nitrogens is 4. The van der Waals surface area contributed by atoms with Crippen LogP contribution >= 0.6 is 11.3 Å². The molecule has 3 aromatic rings. The maximum absolute atomic E-state index is 12.8. The molecule has 134 valence electrons. The first-order valence-electron chi connectivity index (χ1n) is 8.68.